The Kier molecular flexibility index (Phi) is 2.92. The van der Waals surface area contributed by atoms with Crippen molar-refractivity contribution < 1.29 is 9.53 Å². The first-order valence-electron chi connectivity index (χ1n) is 6.32. The lowest BCUT2D eigenvalue weighted by atomic mass is 9.82. The van der Waals surface area contributed by atoms with E-state index in [0.29, 0.717) is 6.42 Å². The molecule has 0 radical (unpaired) electrons. The zero-order valence-corrected chi connectivity index (χ0v) is 10.5. The highest BCUT2D eigenvalue weighted by Crippen LogP contribution is 2.39. The van der Waals surface area contributed by atoms with Crippen LogP contribution in [0.25, 0.3) is 0 Å². The Bertz CT molecular complexity index is 560. The smallest absolute Gasteiger partial charge is 0.331 e. The molecule has 2 aromatic carbocycles. The number of benzene rings is 2. The largest absolute Gasteiger partial charge is 0.446 e. The monoisotopic (exact) mass is 250 g/mol. The standard InChI is InChI=1S/C17H14O2/c18-16-12-7-13-17(19-16,14-8-3-1-4-9-14)15-10-5-2-6-11-15/h1-12H,13H2. The van der Waals surface area contributed by atoms with Gasteiger partial charge in [-0.3, -0.25) is 0 Å². The van der Waals surface area contributed by atoms with Crippen LogP contribution in [0.1, 0.15) is 17.5 Å². The molecule has 0 fully saturated rings. The molecule has 19 heavy (non-hydrogen) atoms. The Morgan fingerprint density at radius 1 is 0.842 bits per heavy atom. The van der Waals surface area contributed by atoms with Crippen molar-refractivity contribution in [3.63, 3.8) is 0 Å². The molecule has 0 spiro atoms. The zero-order valence-electron chi connectivity index (χ0n) is 10.5. The lowest BCUT2D eigenvalue weighted by molar-refractivity contribution is -0.152. The van der Waals surface area contributed by atoms with Gasteiger partial charge in [-0.25, -0.2) is 4.79 Å². The van der Waals surface area contributed by atoms with E-state index < -0.39 is 5.60 Å². The summed E-state index contributed by atoms with van der Waals surface area (Å²) in [7, 11) is 0. The molecule has 94 valence electrons. The van der Waals surface area contributed by atoms with E-state index in [1.165, 1.54) is 6.08 Å². The van der Waals surface area contributed by atoms with Gasteiger partial charge in [0.1, 0.15) is 0 Å². The van der Waals surface area contributed by atoms with Gasteiger partial charge in [-0.15, -0.1) is 0 Å². The van der Waals surface area contributed by atoms with E-state index in [9.17, 15) is 4.79 Å². The molecule has 0 saturated carbocycles. The number of esters is 1. The van der Waals surface area contributed by atoms with E-state index in [0.717, 1.165) is 11.1 Å². The maximum absolute atomic E-state index is 11.7. The molecule has 1 aliphatic heterocycles. The summed E-state index contributed by atoms with van der Waals surface area (Å²) in [4.78, 5) is 11.7. The second-order valence-corrected chi connectivity index (χ2v) is 4.59. The molecular formula is C17H14O2. The van der Waals surface area contributed by atoms with Crippen LogP contribution >= 0.6 is 0 Å². The van der Waals surface area contributed by atoms with E-state index in [1.54, 1.807) is 0 Å². The number of ether oxygens (including phenoxy) is 1. The fraction of sp³-hybridized carbons (Fsp3) is 0.118. The van der Waals surface area contributed by atoms with Crippen LogP contribution in [0.15, 0.2) is 72.8 Å². The highest BCUT2D eigenvalue weighted by Gasteiger charge is 2.38. The van der Waals surface area contributed by atoms with Crippen LogP contribution in [0, 0.1) is 0 Å². The van der Waals surface area contributed by atoms with Crippen LogP contribution in [0.4, 0.5) is 0 Å². The van der Waals surface area contributed by atoms with Crippen molar-refractivity contribution >= 4 is 5.97 Å². The van der Waals surface area contributed by atoms with Gasteiger partial charge >= 0.3 is 5.97 Å². The van der Waals surface area contributed by atoms with Crippen molar-refractivity contribution in [2.75, 3.05) is 0 Å². The van der Waals surface area contributed by atoms with Gasteiger partial charge in [-0.1, -0.05) is 66.7 Å². The summed E-state index contributed by atoms with van der Waals surface area (Å²) in [6.07, 6.45) is 4.03. The number of carbonyl (C=O) groups is 1. The summed E-state index contributed by atoms with van der Waals surface area (Å²) < 4.78 is 5.72. The van der Waals surface area contributed by atoms with Crippen LogP contribution < -0.4 is 0 Å². The van der Waals surface area contributed by atoms with Gasteiger partial charge in [-0.2, -0.15) is 0 Å². The fourth-order valence-electron chi connectivity index (χ4n) is 2.50. The van der Waals surface area contributed by atoms with Crippen LogP contribution in [-0.4, -0.2) is 5.97 Å². The first-order valence-corrected chi connectivity index (χ1v) is 6.32. The molecule has 0 amide bonds. The topological polar surface area (TPSA) is 26.3 Å². The normalized spacial score (nSPS) is 16.9. The first kappa shape index (κ1) is 11.7. The van der Waals surface area contributed by atoms with E-state index >= 15 is 0 Å². The summed E-state index contributed by atoms with van der Waals surface area (Å²) in [5.74, 6) is -0.293. The highest BCUT2D eigenvalue weighted by molar-refractivity contribution is 5.83. The lowest BCUT2D eigenvalue weighted by Crippen LogP contribution is -2.35. The molecule has 2 aromatic rings. The Labute approximate surface area is 112 Å². The van der Waals surface area contributed by atoms with Crippen molar-refractivity contribution in [3.8, 4) is 0 Å². The number of hydrogen-bond donors (Lipinski definition) is 0. The van der Waals surface area contributed by atoms with E-state index in [4.69, 9.17) is 4.74 Å². The van der Waals surface area contributed by atoms with E-state index in [-0.39, 0.29) is 5.97 Å². The molecule has 1 aliphatic rings. The molecule has 3 rings (SSSR count). The zero-order chi connectivity index (χ0) is 13.1. The second-order valence-electron chi connectivity index (χ2n) is 4.59. The molecule has 0 saturated heterocycles. The summed E-state index contributed by atoms with van der Waals surface area (Å²) in [6, 6.07) is 19.8. The summed E-state index contributed by atoms with van der Waals surface area (Å²) >= 11 is 0. The van der Waals surface area contributed by atoms with Crippen LogP contribution in [-0.2, 0) is 15.1 Å². The minimum Gasteiger partial charge on any atom is -0.446 e. The van der Waals surface area contributed by atoms with Crippen LogP contribution in [0.5, 0.6) is 0 Å². The van der Waals surface area contributed by atoms with Gasteiger partial charge in [0, 0.05) is 23.6 Å². The Morgan fingerprint density at radius 3 is 1.84 bits per heavy atom. The third-order valence-electron chi connectivity index (χ3n) is 3.41. The average Bonchev–Trinajstić information content (AvgIpc) is 2.49. The molecular weight excluding hydrogens is 236 g/mol. The van der Waals surface area contributed by atoms with Crippen LogP contribution in [0.2, 0.25) is 0 Å². The van der Waals surface area contributed by atoms with Crippen molar-refractivity contribution in [1.82, 2.24) is 0 Å². The summed E-state index contributed by atoms with van der Waals surface area (Å²) in [6.45, 7) is 0. The number of rotatable bonds is 2. The molecule has 0 aromatic heterocycles. The van der Waals surface area contributed by atoms with Crippen molar-refractivity contribution in [2.24, 2.45) is 0 Å². The fourth-order valence-corrected chi connectivity index (χ4v) is 2.50. The second kappa shape index (κ2) is 4.73. The maximum atomic E-state index is 11.7. The molecule has 0 aliphatic carbocycles. The van der Waals surface area contributed by atoms with E-state index in [2.05, 4.69) is 0 Å². The lowest BCUT2D eigenvalue weighted by Gasteiger charge is -2.35. The Hall–Kier alpha value is -2.35. The van der Waals surface area contributed by atoms with Gasteiger partial charge in [0.2, 0.25) is 0 Å². The maximum Gasteiger partial charge on any atom is 0.331 e. The predicted octanol–water partition coefficient (Wildman–Crippen LogP) is 3.43. The Morgan fingerprint density at radius 2 is 1.37 bits per heavy atom. The van der Waals surface area contributed by atoms with Gasteiger partial charge in [0.15, 0.2) is 5.60 Å². The first-order chi connectivity index (χ1) is 9.31. The summed E-state index contributed by atoms with van der Waals surface area (Å²) in [5, 5.41) is 0. The third kappa shape index (κ3) is 2.06. The van der Waals surface area contributed by atoms with Crippen molar-refractivity contribution in [2.45, 2.75) is 12.0 Å². The number of hydrogen-bond acceptors (Lipinski definition) is 2. The summed E-state index contributed by atoms with van der Waals surface area (Å²) in [5.41, 5.74) is 1.30. The minimum absolute atomic E-state index is 0.293. The van der Waals surface area contributed by atoms with Gasteiger partial charge < -0.3 is 4.74 Å². The Balaban J connectivity index is 2.17. The minimum atomic E-state index is -0.700. The molecule has 2 heteroatoms. The van der Waals surface area contributed by atoms with Crippen molar-refractivity contribution in [1.29, 1.82) is 0 Å². The molecule has 0 N–H and O–H groups in total. The quantitative estimate of drug-likeness (QED) is 0.763. The SMILES string of the molecule is O=C1C=CCC(c2ccccc2)(c2ccccc2)O1. The highest BCUT2D eigenvalue weighted by atomic mass is 16.6. The average molecular weight is 250 g/mol. The van der Waals surface area contributed by atoms with Gasteiger partial charge in [0.05, 0.1) is 0 Å². The molecule has 0 atom stereocenters. The predicted molar refractivity (Wildman–Crippen MR) is 73.5 cm³/mol. The third-order valence-corrected chi connectivity index (χ3v) is 3.41. The van der Waals surface area contributed by atoms with Crippen molar-refractivity contribution in [3.05, 3.63) is 83.9 Å². The molecule has 1 heterocycles. The number of carbonyl (C=O) groups excluding carboxylic acids is 1. The molecule has 0 bridgehead atoms. The number of cyclic esters (lactones) is 1. The van der Waals surface area contributed by atoms with Crippen LogP contribution in [0.3, 0.4) is 0 Å². The molecule has 2 nitrogen and oxygen atoms in total. The van der Waals surface area contributed by atoms with E-state index in [1.807, 2.05) is 66.7 Å². The molecule has 0 unspecified atom stereocenters. The van der Waals surface area contributed by atoms with Gasteiger partial charge in [0.25, 0.3) is 0 Å². The van der Waals surface area contributed by atoms with Gasteiger partial charge in [-0.05, 0) is 0 Å².